The van der Waals surface area contributed by atoms with Gasteiger partial charge in [-0.3, -0.25) is 4.79 Å². The first kappa shape index (κ1) is 25.3. The fraction of sp³-hybridized carbons (Fsp3) is 0.583. The highest BCUT2D eigenvalue weighted by molar-refractivity contribution is 5.81. The lowest BCUT2D eigenvalue weighted by Crippen LogP contribution is -2.70. The van der Waals surface area contributed by atoms with Gasteiger partial charge in [0, 0.05) is 43.4 Å². The molecule has 0 radical (unpaired) electrons. The zero-order valence-corrected chi connectivity index (χ0v) is 19.9. The third-order valence-corrected chi connectivity index (χ3v) is 7.92. The number of aryl methyl sites for hydroxylation is 1. The number of hydrogen-bond acceptors (Lipinski definition) is 5. The number of amides is 2. The molecule has 2 fully saturated rings. The topological polar surface area (TPSA) is 112 Å². The minimum Gasteiger partial charge on any atom is -0.481 e. The number of hydrogen-bond donors (Lipinski definition) is 2. The molecule has 2 N–H and O–H groups in total. The van der Waals surface area contributed by atoms with Crippen molar-refractivity contribution in [1.29, 1.82) is 0 Å². The molecule has 1 aliphatic carbocycles. The van der Waals surface area contributed by atoms with Crippen LogP contribution in [0, 0.1) is 17.2 Å². The van der Waals surface area contributed by atoms with Crippen molar-refractivity contribution in [2.24, 2.45) is 11.3 Å². The molecule has 3 heterocycles. The van der Waals surface area contributed by atoms with E-state index in [1.54, 1.807) is 4.90 Å². The van der Waals surface area contributed by atoms with Crippen LogP contribution < -0.4 is 4.74 Å². The van der Waals surface area contributed by atoms with Crippen molar-refractivity contribution < 1.29 is 37.0 Å². The van der Waals surface area contributed by atoms with Crippen LogP contribution in [0.15, 0.2) is 18.2 Å². The Balaban J connectivity index is 1.33. The van der Waals surface area contributed by atoms with Gasteiger partial charge in [-0.25, -0.2) is 9.18 Å². The summed E-state index contributed by atoms with van der Waals surface area (Å²) in [5.74, 6) is -1.67. The number of piperidine rings is 1. The third kappa shape index (κ3) is 5.08. The Morgan fingerprint density at radius 1 is 1.19 bits per heavy atom. The van der Waals surface area contributed by atoms with Crippen molar-refractivity contribution in [3.05, 3.63) is 41.0 Å². The second kappa shape index (κ2) is 9.49. The van der Waals surface area contributed by atoms with Gasteiger partial charge in [0.2, 0.25) is 5.91 Å². The number of alkyl halides is 3. The van der Waals surface area contributed by atoms with Gasteiger partial charge in [0.1, 0.15) is 0 Å². The number of rotatable bonds is 5. The molecule has 3 aliphatic rings. The molecular formula is C24H27F4N5O4. The van der Waals surface area contributed by atoms with Gasteiger partial charge in [-0.05, 0) is 49.8 Å². The highest BCUT2D eigenvalue weighted by Crippen LogP contribution is 2.48. The summed E-state index contributed by atoms with van der Waals surface area (Å²) in [6.45, 7) is -0.413. The Hall–Kier alpha value is -3.38. The Morgan fingerprint density at radius 3 is 2.59 bits per heavy atom. The molecule has 0 saturated carbocycles. The van der Waals surface area contributed by atoms with Crippen molar-refractivity contribution in [1.82, 2.24) is 25.2 Å². The molecule has 1 aromatic heterocycles. The minimum atomic E-state index is -4.58. The van der Waals surface area contributed by atoms with Crippen molar-refractivity contribution in [2.45, 2.75) is 50.7 Å². The Morgan fingerprint density at radius 2 is 1.92 bits per heavy atom. The van der Waals surface area contributed by atoms with Crippen LogP contribution in [0.2, 0.25) is 0 Å². The van der Waals surface area contributed by atoms with E-state index in [9.17, 15) is 32.3 Å². The number of benzene rings is 1. The van der Waals surface area contributed by atoms with E-state index in [2.05, 4.69) is 20.1 Å². The predicted octanol–water partition coefficient (Wildman–Crippen LogP) is 3.20. The maximum absolute atomic E-state index is 14.6. The molecule has 2 saturated heterocycles. The van der Waals surface area contributed by atoms with Gasteiger partial charge in [-0.1, -0.05) is 6.07 Å². The van der Waals surface area contributed by atoms with Crippen LogP contribution in [0.3, 0.4) is 0 Å². The van der Waals surface area contributed by atoms with Gasteiger partial charge in [-0.2, -0.15) is 28.6 Å². The summed E-state index contributed by atoms with van der Waals surface area (Å²) in [7, 11) is 0. The molecule has 1 spiro atoms. The zero-order valence-electron chi connectivity index (χ0n) is 19.9. The van der Waals surface area contributed by atoms with E-state index in [1.165, 1.54) is 17.0 Å². The first-order valence-corrected chi connectivity index (χ1v) is 12.2. The molecule has 200 valence electrons. The molecule has 1 aromatic carbocycles. The van der Waals surface area contributed by atoms with Gasteiger partial charge in [0.25, 0.3) is 0 Å². The Labute approximate surface area is 209 Å². The largest absolute Gasteiger partial charge is 0.481 e. The zero-order chi connectivity index (χ0) is 26.4. The molecule has 37 heavy (non-hydrogen) atoms. The van der Waals surface area contributed by atoms with Gasteiger partial charge < -0.3 is 19.6 Å². The number of aromatic nitrogens is 3. The summed E-state index contributed by atoms with van der Waals surface area (Å²) in [4.78, 5) is 28.1. The molecular weight excluding hydrogens is 498 g/mol. The molecule has 9 nitrogen and oxygen atoms in total. The molecule has 2 atom stereocenters. The van der Waals surface area contributed by atoms with Gasteiger partial charge in [-0.15, -0.1) is 0 Å². The van der Waals surface area contributed by atoms with Crippen molar-refractivity contribution in [3.63, 3.8) is 0 Å². The smallest absolute Gasteiger partial charge is 0.422 e. The van der Waals surface area contributed by atoms with Crippen LogP contribution in [0.1, 0.15) is 36.2 Å². The summed E-state index contributed by atoms with van der Waals surface area (Å²) < 4.78 is 56.5. The number of ether oxygens (including phenoxy) is 1. The maximum Gasteiger partial charge on any atom is 0.422 e. The SMILES string of the molecule is O=C(O)N1CCC2(CC1)CN(C(=O)C1CCc3n[nH]nc3C1)C2Cc1ccc(OCC(F)(F)F)c(F)c1. The van der Waals surface area contributed by atoms with E-state index in [-0.39, 0.29) is 23.3 Å². The van der Waals surface area contributed by atoms with E-state index in [4.69, 9.17) is 0 Å². The number of H-pyrrole nitrogens is 1. The standard InChI is InChI=1S/C24H27F4N5O4/c25-16-9-14(1-4-19(16)37-13-24(26,27)28)10-20-23(5-7-32(8-6-23)22(35)36)12-33(20)21(34)15-2-3-17-18(11-15)30-31-29-17/h1,4,9,15,20H,2-3,5-8,10-13H2,(H,35,36)(H,29,30,31). The summed E-state index contributed by atoms with van der Waals surface area (Å²) in [6.07, 6.45) is -2.36. The lowest BCUT2D eigenvalue weighted by molar-refractivity contribution is -0.165. The van der Waals surface area contributed by atoms with Crippen LogP contribution in [0.4, 0.5) is 22.4 Å². The number of aromatic amines is 1. The quantitative estimate of drug-likeness (QED) is 0.580. The fourth-order valence-corrected chi connectivity index (χ4v) is 5.87. The number of carbonyl (C=O) groups excluding carboxylic acids is 1. The number of nitrogens with zero attached hydrogens (tertiary/aromatic N) is 4. The lowest BCUT2D eigenvalue weighted by atomic mass is 9.63. The molecule has 13 heteroatoms. The van der Waals surface area contributed by atoms with Crippen molar-refractivity contribution in [3.8, 4) is 5.75 Å². The third-order valence-electron chi connectivity index (χ3n) is 7.92. The van der Waals surface area contributed by atoms with Crippen LogP contribution in [0.5, 0.6) is 5.75 Å². The maximum atomic E-state index is 14.6. The summed E-state index contributed by atoms with van der Waals surface area (Å²) in [5.41, 5.74) is 1.87. The molecule has 5 rings (SSSR count). The number of likely N-dealkylation sites (tertiary alicyclic amines) is 2. The number of carbonyl (C=O) groups is 2. The van der Waals surface area contributed by atoms with Crippen LogP contribution in [-0.4, -0.2) is 80.8 Å². The van der Waals surface area contributed by atoms with Gasteiger partial charge >= 0.3 is 12.3 Å². The minimum absolute atomic E-state index is 0.0180. The first-order chi connectivity index (χ1) is 17.5. The molecule has 0 bridgehead atoms. The fourth-order valence-electron chi connectivity index (χ4n) is 5.87. The summed E-state index contributed by atoms with van der Waals surface area (Å²) in [5, 5.41) is 20.2. The van der Waals surface area contributed by atoms with Gasteiger partial charge in [0.15, 0.2) is 18.2 Å². The molecule has 2 unspecified atom stereocenters. The average molecular weight is 526 g/mol. The summed E-state index contributed by atoms with van der Waals surface area (Å²) in [6, 6.07) is 3.55. The second-order valence-corrected chi connectivity index (χ2v) is 10.1. The number of fused-ring (bicyclic) bond motifs is 1. The molecule has 2 aromatic rings. The van der Waals surface area contributed by atoms with Crippen LogP contribution >= 0.6 is 0 Å². The predicted molar refractivity (Wildman–Crippen MR) is 120 cm³/mol. The lowest BCUT2D eigenvalue weighted by Gasteiger charge is -2.61. The van der Waals surface area contributed by atoms with Crippen LogP contribution in [0.25, 0.3) is 0 Å². The Bertz CT molecular complexity index is 1180. The Kier molecular flexibility index (Phi) is 6.48. The van der Waals surface area contributed by atoms with E-state index in [0.29, 0.717) is 63.7 Å². The molecule has 2 aliphatic heterocycles. The number of halogens is 4. The summed E-state index contributed by atoms with van der Waals surface area (Å²) >= 11 is 0. The number of carboxylic acid groups (broad SMARTS) is 1. The second-order valence-electron chi connectivity index (χ2n) is 10.1. The van der Waals surface area contributed by atoms with Crippen molar-refractivity contribution in [2.75, 3.05) is 26.2 Å². The average Bonchev–Trinajstić information content (AvgIpc) is 3.32. The monoisotopic (exact) mass is 525 g/mol. The van der Waals surface area contributed by atoms with E-state index < -0.39 is 30.4 Å². The van der Waals surface area contributed by atoms with Crippen molar-refractivity contribution >= 4 is 12.0 Å². The normalized spacial score (nSPS) is 22.9. The van der Waals surface area contributed by atoms with E-state index in [1.807, 2.05) is 0 Å². The first-order valence-electron chi connectivity index (χ1n) is 12.2. The highest BCUT2D eigenvalue weighted by atomic mass is 19.4. The van der Waals surface area contributed by atoms with Gasteiger partial charge in [0.05, 0.1) is 11.4 Å². The van der Waals surface area contributed by atoms with Crippen LogP contribution in [-0.2, 0) is 24.1 Å². The molecule has 2 amide bonds. The number of nitrogens with one attached hydrogen (secondary N) is 1. The van der Waals surface area contributed by atoms with E-state index >= 15 is 0 Å². The highest BCUT2D eigenvalue weighted by Gasteiger charge is 2.56. The van der Waals surface area contributed by atoms with E-state index in [0.717, 1.165) is 17.5 Å².